The summed E-state index contributed by atoms with van der Waals surface area (Å²) in [6.07, 6.45) is 0. The van der Waals surface area contributed by atoms with Gasteiger partial charge >= 0.3 is 0 Å². The van der Waals surface area contributed by atoms with E-state index < -0.39 is 0 Å². The van der Waals surface area contributed by atoms with Crippen molar-refractivity contribution in [3.8, 4) is 0 Å². The fraction of sp³-hybridized carbons (Fsp3) is 0.200. The minimum Gasteiger partial charge on any atom is -0.333 e. The van der Waals surface area contributed by atoms with Crippen molar-refractivity contribution < 1.29 is 4.79 Å². The van der Waals surface area contributed by atoms with E-state index in [0.29, 0.717) is 18.1 Å². The second-order valence-electron chi connectivity index (χ2n) is 4.27. The smallest absolute Gasteiger partial charge is 0.274 e. The number of halogens is 2. The van der Waals surface area contributed by atoms with Crippen LogP contribution in [0.1, 0.15) is 23.0 Å². The molecule has 2 rings (SSSR count). The molecule has 1 amide bonds. The van der Waals surface area contributed by atoms with Gasteiger partial charge in [0.1, 0.15) is 10.8 Å². The van der Waals surface area contributed by atoms with E-state index in [1.807, 2.05) is 37.3 Å². The number of amides is 1. The second kappa shape index (κ2) is 6.73. The van der Waals surface area contributed by atoms with E-state index in [0.717, 1.165) is 5.56 Å². The minimum absolute atomic E-state index is 0.192. The third-order valence-corrected chi connectivity index (χ3v) is 3.42. The molecule has 0 radical (unpaired) electrons. The Balaban J connectivity index is 2.23. The molecule has 0 aliphatic carbocycles. The zero-order chi connectivity index (χ0) is 14.5. The molecular weight excluding hydrogens is 295 g/mol. The van der Waals surface area contributed by atoms with E-state index in [9.17, 15) is 4.79 Å². The van der Waals surface area contributed by atoms with Crippen LogP contribution in [0.3, 0.4) is 0 Å². The molecule has 1 aromatic carbocycles. The number of carbonyl (C=O) groups excluding carboxylic acids is 1. The molecule has 0 saturated heterocycles. The van der Waals surface area contributed by atoms with Crippen LogP contribution in [0.2, 0.25) is 10.2 Å². The number of hydrogen-bond acceptors (Lipinski definition) is 2. The zero-order valence-electron chi connectivity index (χ0n) is 11.0. The van der Waals surface area contributed by atoms with E-state index in [2.05, 4.69) is 4.98 Å². The highest BCUT2D eigenvalue weighted by Gasteiger charge is 2.19. The van der Waals surface area contributed by atoms with Gasteiger partial charge in [-0.15, -0.1) is 0 Å². The van der Waals surface area contributed by atoms with Gasteiger partial charge in [0.15, 0.2) is 0 Å². The Morgan fingerprint density at radius 1 is 1.15 bits per heavy atom. The first kappa shape index (κ1) is 14.8. The molecule has 0 atom stereocenters. The molecule has 104 valence electrons. The van der Waals surface area contributed by atoms with Crippen LogP contribution in [-0.4, -0.2) is 22.3 Å². The molecule has 0 spiro atoms. The number of nitrogens with zero attached hydrogens (tertiary/aromatic N) is 2. The van der Waals surface area contributed by atoms with Crippen LogP contribution < -0.4 is 0 Å². The van der Waals surface area contributed by atoms with Crippen molar-refractivity contribution in [2.24, 2.45) is 0 Å². The summed E-state index contributed by atoms with van der Waals surface area (Å²) in [4.78, 5) is 18.2. The van der Waals surface area contributed by atoms with Gasteiger partial charge in [-0.25, -0.2) is 4.98 Å². The Kier molecular flexibility index (Phi) is 4.99. The first-order valence-electron chi connectivity index (χ1n) is 6.27. The van der Waals surface area contributed by atoms with E-state index in [-0.39, 0.29) is 16.8 Å². The molecule has 1 aromatic heterocycles. The van der Waals surface area contributed by atoms with Gasteiger partial charge in [0, 0.05) is 13.1 Å². The third kappa shape index (κ3) is 3.50. The SMILES string of the molecule is CCN(Cc1ccccc1)C(=O)c1nc(Cl)ccc1Cl. The highest BCUT2D eigenvalue weighted by molar-refractivity contribution is 6.34. The number of pyridine rings is 1. The molecule has 0 unspecified atom stereocenters. The maximum atomic E-state index is 12.5. The number of rotatable bonds is 4. The van der Waals surface area contributed by atoms with Gasteiger partial charge in [-0.2, -0.15) is 0 Å². The van der Waals surface area contributed by atoms with Gasteiger partial charge in [0.2, 0.25) is 0 Å². The fourth-order valence-electron chi connectivity index (χ4n) is 1.85. The van der Waals surface area contributed by atoms with Gasteiger partial charge in [0.25, 0.3) is 5.91 Å². The average Bonchev–Trinajstić information content (AvgIpc) is 2.47. The molecule has 0 saturated carbocycles. The molecule has 3 nitrogen and oxygen atoms in total. The lowest BCUT2D eigenvalue weighted by atomic mass is 10.2. The Morgan fingerprint density at radius 2 is 1.85 bits per heavy atom. The summed E-state index contributed by atoms with van der Waals surface area (Å²) in [7, 11) is 0. The third-order valence-electron chi connectivity index (χ3n) is 2.90. The predicted octanol–water partition coefficient (Wildman–Crippen LogP) is 4.05. The van der Waals surface area contributed by atoms with Crippen LogP contribution in [0.4, 0.5) is 0 Å². The van der Waals surface area contributed by atoms with E-state index >= 15 is 0 Å². The lowest BCUT2D eigenvalue weighted by molar-refractivity contribution is 0.0747. The Morgan fingerprint density at radius 3 is 2.50 bits per heavy atom. The molecule has 5 heteroatoms. The standard InChI is InChI=1S/C15H14Cl2N2O/c1-2-19(10-11-6-4-3-5-7-11)15(20)14-12(16)8-9-13(17)18-14/h3-9H,2,10H2,1H3. The highest BCUT2D eigenvalue weighted by atomic mass is 35.5. The normalized spacial score (nSPS) is 10.3. The lowest BCUT2D eigenvalue weighted by Gasteiger charge is -2.21. The topological polar surface area (TPSA) is 33.2 Å². The van der Waals surface area contributed by atoms with Gasteiger partial charge in [-0.1, -0.05) is 53.5 Å². The summed E-state index contributed by atoms with van der Waals surface area (Å²) in [6, 6.07) is 12.9. The average molecular weight is 309 g/mol. The number of hydrogen-bond donors (Lipinski definition) is 0. The maximum Gasteiger partial charge on any atom is 0.274 e. The van der Waals surface area contributed by atoms with Crippen molar-refractivity contribution in [1.82, 2.24) is 9.88 Å². The first-order valence-corrected chi connectivity index (χ1v) is 7.02. The van der Waals surface area contributed by atoms with Crippen molar-refractivity contribution in [1.29, 1.82) is 0 Å². The van der Waals surface area contributed by atoms with Crippen LogP contribution in [-0.2, 0) is 6.54 Å². The number of carbonyl (C=O) groups is 1. The molecule has 0 aliphatic heterocycles. The number of benzene rings is 1. The molecule has 0 N–H and O–H groups in total. The summed E-state index contributed by atoms with van der Waals surface area (Å²) in [5, 5.41) is 0.569. The largest absolute Gasteiger partial charge is 0.333 e. The summed E-state index contributed by atoms with van der Waals surface area (Å²) < 4.78 is 0. The second-order valence-corrected chi connectivity index (χ2v) is 5.06. The van der Waals surface area contributed by atoms with Crippen molar-refractivity contribution in [3.05, 3.63) is 63.9 Å². The molecule has 0 fully saturated rings. The highest BCUT2D eigenvalue weighted by Crippen LogP contribution is 2.19. The molecule has 2 aromatic rings. The minimum atomic E-state index is -0.219. The summed E-state index contributed by atoms with van der Waals surface area (Å²) in [6.45, 7) is 3.00. The Bertz CT molecular complexity index is 602. The van der Waals surface area contributed by atoms with E-state index in [1.165, 1.54) is 0 Å². The maximum absolute atomic E-state index is 12.5. The van der Waals surface area contributed by atoms with E-state index in [4.69, 9.17) is 23.2 Å². The zero-order valence-corrected chi connectivity index (χ0v) is 12.5. The van der Waals surface area contributed by atoms with Crippen LogP contribution in [0, 0.1) is 0 Å². The van der Waals surface area contributed by atoms with Gasteiger partial charge in [-0.3, -0.25) is 4.79 Å². The summed E-state index contributed by atoms with van der Waals surface area (Å²) in [5.41, 5.74) is 1.25. The molecular formula is C15H14Cl2N2O. The van der Waals surface area contributed by atoms with Gasteiger partial charge < -0.3 is 4.90 Å². The van der Waals surface area contributed by atoms with Crippen molar-refractivity contribution in [2.75, 3.05) is 6.54 Å². The van der Waals surface area contributed by atoms with Crippen LogP contribution >= 0.6 is 23.2 Å². The van der Waals surface area contributed by atoms with Crippen molar-refractivity contribution in [3.63, 3.8) is 0 Å². The van der Waals surface area contributed by atoms with Crippen LogP contribution in [0.5, 0.6) is 0 Å². The predicted molar refractivity (Wildman–Crippen MR) is 81.1 cm³/mol. The number of aromatic nitrogens is 1. The van der Waals surface area contributed by atoms with Gasteiger partial charge in [-0.05, 0) is 24.6 Å². The Labute approximate surface area is 128 Å². The molecule has 20 heavy (non-hydrogen) atoms. The van der Waals surface area contributed by atoms with Crippen molar-refractivity contribution >= 4 is 29.1 Å². The fourth-order valence-corrected chi connectivity index (χ4v) is 2.18. The quantitative estimate of drug-likeness (QED) is 0.798. The van der Waals surface area contributed by atoms with Crippen LogP contribution in [0.25, 0.3) is 0 Å². The van der Waals surface area contributed by atoms with E-state index in [1.54, 1.807) is 17.0 Å². The summed E-state index contributed by atoms with van der Waals surface area (Å²) >= 11 is 11.9. The Hall–Kier alpha value is -1.58. The van der Waals surface area contributed by atoms with Crippen molar-refractivity contribution in [2.45, 2.75) is 13.5 Å². The molecule has 1 heterocycles. The monoisotopic (exact) mass is 308 g/mol. The van der Waals surface area contributed by atoms with Gasteiger partial charge in [0.05, 0.1) is 5.02 Å². The summed E-state index contributed by atoms with van der Waals surface area (Å²) in [5.74, 6) is -0.219. The van der Waals surface area contributed by atoms with Crippen LogP contribution in [0.15, 0.2) is 42.5 Å². The lowest BCUT2D eigenvalue weighted by Crippen LogP contribution is -2.31. The first-order chi connectivity index (χ1) is 9.61. The molecule has 0 aliphatic rings. The molecule has 0 bridgehead atoms.